The number of nitrogens with zero attached hydrogens (tertiary/aromatic N) is 2. The summed E-state index contributed by atoms with van der Waals surface area (Å²) in [6.07, 6.45) is 0. The molecule has 0 amide bonds. The van der Waals surface area contributed by atoms with Gasteiger partial charge in [0.15, 0.2) is 5.69 Å². The second-order valence-corrected chi connectivity index (χ2v) is 5.27. The lowest BCUT2D eigenvalue weighted by Gasteiger charge is -2.05. The Bertz CT molecular complexity index is 814. The van der Waals surface area contributed by atoms with Crippen molar-refractivity contribution in [1.82, 2.24) is 15.4 Å². The SMILES string of the molecule is CCOC(=O)c1n[nH]nc1-c1cc(Br)c2ccccc2c1. The normalized spacial score (nSPS) is 10.8. The van der Waals surface area contributed by atoms with Crippen LogP contribution in [-0.4, -0.2) is 28.0 Å². The molecule has 0 saturated heterocycles. The van der Waals surface area contributed by atoms with Crippen molar-refractivity contribution in [2.45, 2.75) is 6.92 Å². The first kappa shape index (κ1) is 13.8. The number of nitrogens with one attached hydrogen (secondary N) is 1. The molecule has 0 atom stereocenters. The van der Waals surface area contributed by atoms with E-state index >= 15 is 0 Å². The lowest BCUT2D eigenvalue weighted by atomic mass is 10.0. The standard InChI is InChI=1S/C15H12BrN3O2/c1-2-21-15(20)14-13(17-19-18-14)10-7-9-5-3-4-6-11(9)12(16)8-10/h3-8H,2H2,1H3,(H,17,18,19). The van der Waals surface area contributed by atoms with E-state index < -0.39 is 5.97 Å². The lowest BCUT2D eigenvalue weighted by molar-refractivity contribution is 0.0520. The Morgan fingerprint density at radius 3 is 2.90 bits per heavy atom. The maximum absolute atomic E-state index is 11.9. The molecule has 0 aliphatic rings. The van der Waals surface area contributed by atoms with Crippen LogP contribution < -0.4 is 0 Å². The highest BCUT2D eigenvalue weighted by Crippen LogP contribution is 2.31. The molecule has 0 radical (unpaired) electrons. The zero-order chi connectivity index (χ0) is 14.8. The van der Waals surface area contributed by atoms with E-state index in [0.29, 0.717) is 12.3 Å². The fraction of sp³-hybridized carbons (Fsp3) is 0.133. The van der Waals surface area contributed by atoms with E-state index in [0.717, 1.165) is 20.8 Å². The van der Waals surface area contributed by atoms with Gasteiger partial charge >= 0.3 is 5.97 Å². The van der Waals surface area contributed by atoms with E-state index in [1.807, 2.05) is 36.4 Å². The molecule has 1 heterocycles. The summed E-state index contributed by atoms with van der Waals surface area (Å²) in [6, 6.07) is 11.9. The van der Waals surface area contributed by atoms with Crippen LogP contribution in [0.4, 0.5) is 0 Å². The molecular weight excluding hydrogens is 334 g/mol. The van der Waals surface area contributed by atoms with Crippen molar-refractivity contribution in [2.75, 3.05) is 6.61 Å². The van der Waals surface area contributed by atoms with Gasteiger partial charge in [-0.2, -0.15) is 10.3 Å². The van der Waals surface area contributed by atoms with E-state index in [2.05, 4.69) is 31.3 Å². The Balaban J connectivity index is 2.13. The molecule has 0 aliphatic carbocycles. The van der Waals surface area contributed by atoms with Gasteiger partial charge in [0.05, 0.1) is 6.61 Å². The van der Waals surface area contributed by atoms with Gasteiger partial charge in [-0.15, -0.1) is 5.10 Å². The van der Waals surface area contributed by atoms with Crippen molar-refractivity contribution >= 4 is 32.7 Å². The first-order chi connectivity index (χ1) is 10.2. The number of ether oxygens (including phenoxy) is 1. The van der Waals surface area contributed by atoms with Gasteiger partial charge in [-0.25, -0.2) is 4.79 Å². The third kappa shape index (κ3) is 2.54. The Labute approximate surface area is 129 Å². The van der Waals surface area contributed by atoms with E-state index in [1.54, 1.807) is 6.92 Å². The molecule has 0 bridgehead atoms. The Morgan fingerprint density at radius 1 is 1.29 bits per heavy atom. The summed E-state index contributed by atoms with van der Waals surface area (Å²) >= 11 is 3.55. The number of fused-ring (bicyclic) bond motifs is 1. The molecular formula is C15H12BrN3O2. The molecule has 0 saturated carbocycles. The fourth-order valence-electron chi connectivity index (χ4n) is 2.17. The van der Waals surface area contributed by atoms with Crippen LogP contribution in [0, 0.1) is 0 Å². The molecule has 21 heavy (non-hydrogen) atoms. The van der Waals surface area contributed by atoms with Crippen molar-refractivity contribution in [3.05, 3.63) is 46.6 Å². The van der Waals surface area contributed by atoms with Gasteiger partial charge in [0.1, 0.15) is 5.69 Å². The maximum Gasteiger partial charge on any atom is 0.361 e. The van der Waals surface area contributed by atoms with Gasteiger partial charge in [0, 0.05) is 10.0 Å². The van der Waals surface area contributed by atoms with Crippen LogP contribution in [0.3, 0.4) is 0 Å². The van der Waals surface area contributed by atoms with Gasteiger partial charge in [-0.05, 0) is 29.8 Å². The quantitative estimate of drug-likeness (QED) is 0.737. The summed E-state index contributed by atoms with van der Waals surface area (Å²) in [7, 11) is 0. The monoisotopic (exact) mass is 345 g/mol. The van der Waals surface area contributed by atoms with E-state index in [4.69, 9.17) is 4.74 Å². The van der Waals surface area contributed by atoms with Crippen molar-refractivity contribution in [1.29, 1.82) is 0 Å². The van der Waals surface area contributed by atoms with E-state index in [9.17, 15) is 4.79 Å². The van der Waals surface area contributed by atoms with Gasteiger partial charge in [-0.1, -0.05) is 40.2 Å². The Kier molecular flexibility index (Phi) is 3.70. The van der Waals surface area contributed by atoms with Crippen LogP contribution in [0.1, 0.15) is 17.4 Å². The smallest absolute Gasteiger partial charge is 0.361 e. The molecule has 1 N–H and O–H groups in total. The molecule has 0 aliphatic heterocycles. The third-order valence-electron chi connectivity index (χ3n) is 3.10. The largest absolute Gasteiger partial charge is 0.461 e. The summed E-state index contributed by atoms with van der Waals surface area (Å²) in [5.74, 6) is -0.481. The third-order valence-corrected chi connectivity index (χ3v) is 3.76. The van der Waals surface area contributed by atoms with Gasteiger partial charge in [-0.3, -0.25) is 0 Å². The zero-order valence-electron chi connectivity index (χ0n) is 11.3. The minimum absolute atomic E-state index is 0.194. The predicted octanol–water partition coefficient (Wildman–Crippen LogP) is 3.56. The highest BCUT2D eigenvalue weighted by molar-refractivity contribution is 9.10. The first-order valence-corrected chi connectivity index (χ1v) is 7.26. The zero-order valence-corrected chi connectivity index (χ0v) is 12.8. The van der Waals surface area contributed by atoms with Crippen molar-refractivity contribution in [3.8, 4) is 11.3 Å². The van der Waals surface area contributed by atoms with Crippen LogP contribution in [0.2, 0.25) is 0 Å². The molecule has 0 spiro atoms. The Hall–Kier alpha value is -2.21. The minimum atomic E-state index is -0.481. The average Bonchev–Trinajstić information content (AvgIpc) is 2.97. The molecule has 106 valence electrons. The number of carbonyl (C=O) groups is 1. The van der Waals surface area contributed by atoms with Crippen LogP contribution >= 0.6 is 15.9 Å². The number of esters is 1. The number of H-pyrrole nitrogens is 1. The summed E-state index contributed by atoms with van der Waals surface area (Å²) in [4.78, 5) is 11.9. The molecule has 0 fully saturated rings. The molecule has 1 aromatic heterocycles. The second-order valence-electron chi connectivity index (χ2n) is 4.42. The fourth-order valence-corrected chi connectivity index (χ4v) is 2.78. The topological polar surface area (TPSA) is 67.9 Å². The van der Waals surface area contributed by atoms with Crippen LogP contribution in [-0.2, 0) is 4.74 Å². The maximum atomic E-state index is 11.9. The van der Waals surface area contributed by atoms with Crippen LogP contribution in [0.25, 0.3) is 22.0 Å². The minimum Gasteiger partial charge on any atom is -0.461 e. The van der Waals surface area contributed by atoms with Crippen LogP contribution in [0.15, 0.2) is 40.9 Å². The van der Waals surface area contributed by atoms with Crippen molar-refractivity contribution in [3.63, 3.8) is 0 Å². The Morgan fingerprint density at radius 2 is 2.10 bits per heavy atom. The first-order valence-electron chi connectivity index (χ1n) is 6.47. The molecule has 6 heteroatoms. The number of halogens is 1. The summed E-state index contributed by atoms with van der Waals surface area (Å²) in [5.41, 5.74) is 1.48. The van der Waals surface area contributed by atoms with E-state index in [-0.39, 0.29) is 5.69 Å². The van der Waals surface area contributed by atoms with Crippen molar-refractivity contribution in [2.24, 2.45) is 0 Å². The molecule has 0 unspecified atom stereocenters. The summed E-state index contributed by atoms with van der Waals surface area (Å²) in [5, 5.41) is 12.6. The lowest BCUT2D eigenvalue weighted by Crippen LogP contribution is -2.06. The van der Waals surface area contributed by atoms with Crippen molar-refractivity contribution < 1.29 is 9.53 Å². The molecule has 2 aromatic carbocycles. The number of aromatic nitrogens is 3. The van der Waals surface area contributed by atoms with Gasteiger partial charge in [0.25, 0.3) is 0 Å². The number of benzene rings is 2. The predicted molar refractivity (Wildman–Crippen MR) is 83.0 cm³/mol. The number of hydrogen-bond acceptors (Lipinski definition) is 4. The number of hydrogen-bond donors (Lipinski definition) is 1. The average molecular weight is 346 g/mol. The second kappa shape index (κ2) is 5.65. The summed E-state index contributed by atoms with van der Waals surface area (Å²) in [6.45, 7) is 2.05. The summed E-state index contributed by atoms with van der Waals surface area (Å²) < 4.78 is 5.93. The van der Waals surface area contributed by atoms with E-state index in [1.165, 1.54) is 0 Å². The molecule has 5 nitrogen and oxygen atoms in total. The number of aromatic amines is 1. The van der Waals surface area contributed by atoms with Gasteiger partial charge in [0.2, 0.25) is 0 Å². The highest BCUT2D eigenvalue weighted by atomic mass is 79.9. The number of rotatable bonds is 3. The van der Waals surface area contributed by atoms with Crippen LogP contribution in [0.5, 0.6) is 0 Å². The highest BCUT2D eigenvalue weighted by Gasteiger charge is 2.19. The molecule has 3 rings (SSSR count). The molecule has 3 aromatic rings. The van der Waals surface area contributed by atoms with Gasteiger partial charge < -0.3 is 4.74 Å². The number of carbonyl (C=O) groups excluding carboxylic acids is 1.